The molecule has 0 aliphatic heterocycles. The first kappa shape index (κ1) is 100. The van der Waals surface area contributed by atoms with Gasteiger partial charge in [0.25, 0.3) is 22.2 Å². The Hall–Kier alpha value is -11.5. The van der Waals surface area contributed by atoms with Crippen LogP contribution < -0.4 is 124 Å². The Kier molecular flexibility index (Phi) is 33.4. The minimum Gasteiger partial charge on any atom is -0.541 e. The number of carbonyl (C=O) groups is 3. The van der Waals surface area contributed by atoms with E-state index in [-0.39, 0.29) is 178 Å². The van der Waals surface area contributed by atoms with Crippen LogP contribution in [0.5, 0.6) is 0 Å². The number of esters is 1. The van der Waals surface area contributed by atoms with Crippen molar-refractivity contribution < 1.29 is 118 Å². The van der Waals surface area contributed by atoms with Gasteiger partial charge in [0.2, 0.25) is 0 Å². The predicted octanol–water partition coefficient (Wildman–Crippen LogP) is 8.71. The Bertz CT molecular complexity index is 7460. The number of sulfonamides is 1. The number of hydrogen-bond donors (Lipinski definition) is 9. The number of aromatic nitrogens is 8. The van der Waals surface area contributed by atoms with E-state index in [4.69, 9.17) is 46.3 Å². The first-order valence-corrected chi connectivity index (χ1v) is 44.4. The van der Waals surface area contributed by atoms with Crippen LogP contribution in [0.4, 0.5) is 50.4 Å². The fourth-order valence-electron chi connectivity index (χ4n) is 12.0. The molecule has 7 aromatic heterocycles. The van der Waals surface area contributed by atoms with E-state index in [2.05, 4.69) is 45.3 Å². The third-order valence-corrected chi connectivity index (χ3v) is 27.7. The molecule has 48 heteroatoms. The fraction of sp³-hybridized carbons (Fsp3) is 0.113. The van der Waals surface area contributed by atoms with Crippen molar-refractivity contribution in [2.24, 2.45) is 0 Å². The number of Topliss-reactive ketones (excluding diaryl/α,β-unsaturated/α-hetero) is 1. The van der Waals surface area contributed by atoms with Gasteiger partial charge in [0.1, 0.15) is 45.9 Å². The topological polar surface area (TPSA) is 485 Å². The molecule has 0 saturated carbocycles. The number of nitrogens with zero attached hydrogens (tertiary/aromatic N) is 5. The number of fused-ring (bicyclic) bond motifs is 4. The van der Waals surface area contributed by atoms with E-state index in [9.17, 15) is 99.9 Å². The molecule has 0 fully saturated rings. The van der Waals surface area contributed by atoms with Crippen molar-refractivity contribution in [1.29, 1.82) is 0 Å². The Labute approximate surface area is 793 Å². The Balaban J connectivity index is 0.000000185. The van der Waals surface area contributed by atoms with Crippen LogP contribution in [0, 0.1) is 29.1 Å². The van der Waals surface area contributed by atoms with Gasteiger partial charge in [0.05, 0.1) is 109 Å². The second-order valence-electron chi connectivity index (χ2n) is 26.3. The molecule has 0 saturated heterocycles. The van der Waals surface area contributed by atoms with Crippen molar-refractivity contribution >= 4 is 201 Å². The summed E-state index contributed by atoms with van der Waals surface area (Å²) < 4.78 is 153. The third kappa shape index (κ3) is 23.7. The van der Waals surface area contributed by atoms with Crippen molar-refractivity contribution in [2.75, 3.05) is 66.7 Å². The summed E-state index contributed by atoms with van der Waals surface area (Å²) in [5, 5.41) is 7.88. The Morgan fingerprint density at radius 3 is 1.02 bits per heavy atom. The molecule has 32 nitrogen and oxygen atoms in total. The van der Waals surface area contributed by atoms with Gasteiger partial charge in [-0.25, -0.2) is 84.7 Å². The standard InChI is InChI=1S/C22H17ClFN3O5S2.C21H16ClFN4O5S2.C15H13FN4O2.C14H9F2N3O2.C8H9ClO4S2.ClH.K/c1-25-18-10-17-15(9-16(18)24)21(29)27(22(30)26-17)13-4-2-12(3-5-13)8-14(28)11-34(31,32)20-7-6-19(23)33-20;1-24-16-10-15-13(9-14(16)23)20(29)27(21(30)25-15)12-4-2-11(3-5-12)8-18(28)26-34(31,32)19-7-6-17(22)33-19;1-18-13-7-12-10(6-11(13)16)14(21)20(15(22)19-12)9-4-2-8(17)3-5-9;15-10-5-9-12(6-11(10)16)18-14(21)19(13(9)20)8-3-1-7(17)2-4-8;1-2-13-7(10)5-15(11,12)8-4-3-6(9)14-8;;/h2-7,9-10,25H,8,11H2,1H3,(H,26,30);2-7,9-10H,8H2,1H3,(H3,24,25,26,28,29,30);2-7,18H,17H2,1H3,(H,19,22);1-6H,17H2,(H,18,21);3-4H,2,5H2,1H3;1H;/q;;;;;;+1/p-1. The van der Waals surface area contributed by atoms with E-state index >= 15 is 0 Å². The summed E-state index contributed by atoms with van der Waals surface area (Å²) in [6.45, 7) is 1.78. The van der Waals surface area contributed by atoms with Gasteiger partial charge in [-0.05, 0) is 170 Å². The van der Waals surface area contributed by atoms with E-state index in [1.807, 2.05) is 0 Å². The molecule has 128 heavy (non-hydrogen) atoms. The maximum absolute atomic E-state index is 14.2. The van der Waals surface area contributed by atoms with E-state index in [1.165, 1.54) is 141 Å². The maximum Gasteiger partial charge on any atom is 1.00 e. The number of sulfone groups is 2. The largest absolute Gasteiger partial charge is 1.00 e. The molecule has 0 spiro atoms. The molecular formula is C80H64Cl4F5KN14O18S6. The van der Waals surface area contributed by atoms with Crippen molar-refractivity contribution in [3.63, 3.8) is 0 Å². The first-order valence-electron chi connectivity index (χ1n) is 36.0. The van der Waals surface area contributed by atoms with Crippen molar-refractivity contribution in [3.8, 4) is 22.7 Å². The molecule has 0 atom stereocenters. The number of anilines is 5. The second kappa shape index (κ2) is 42.6. The number of ether oxygens (including phenoxy) is 1. The fourth-order valence-corrected chi connectivity index (χ4v) is 19.8. The summed E-state index contributed by atoms with van der Waals surface area (Å²) in [5.74, 6) is -7.62. The number of halogens is 9. The number of carbonyl (C=O) groups excluding carboxylic acids is 3. The van der Waals surface area contributed by atoms with E-state index in [0.717, 1.165) is 82.6 Å². The summed E-state index contributed by atoms with van der Waals surface area (Å²) in [6, 6.07) is 41.1. The number of rotatable bonds is 20. The van der Waals surface area contributed by atoms with Crippen LogP contribution in [-0.2, 0) is 61.7 Å². The van der Waals surface area contributed by atoms with Crippen LogP contribution in [0.1, 0.15) is 18.1 Å². The number of nitrogens with one attached hydrogen (secondary N) is 7. The van der Waals surface area contributed by atoms with Gasteiger partial charge in [-0.1, -0.05) is 59.1 Å². The number of nitrogen functional groups attached to an aromatic ring is 2. The SMILES string of the molecule is CCOC(=O)CS(=O)(=O)c1ccc(Cl)s1.CNc1cc2[nH]c(=O)n(-c3ccc(CC(=O)CS(=O)(=O)c4ccc(Cl)s4)cc3)c(=O)c2cc1F.CNc1cc2[nH]c(=O)n(-c3ccc(CC(=O)[N-]S(=O)(=O)c4ccc(Cl)s4)cc3)c(=O)c2cc1F.CNc1cc2[nH]c(=O)n(-c3ccc(N)cc3)c(=O)c2cc1F.Cl.Nc1ccc(-n2c(=O)[nH]c3cc(F)c(F)cc3c2=O)cc1.[K+]. The minimum absolute atomic E-state index is 0. The molecule has 0 radical (unpaired) electrons. The number of benzene rings is 8. The molecule has 8 aromatic carbocycles. The minimum atomic E-state index is -4.17. The molecule has 7 heterocycles. The van der Waals surface area contributed by atoms with E-state index in [0.29, 0.717) is 36.9 Å². The third-order valence-electron chi connectivity index (χ3n) is 17.9. The molecular weight excluding hydrogens is 1910 g/mol. The zero-order valence-corrected chi connectivity index (χ0v) is 77.6. The van der Waals surface area contributed by atoms with Gasteiger partial charge < -0.3 is 61.6 Å². The van der Waals surface area contributed by atoms with E-state index < -0.39 is 133 Å². The van der Waals surface area contributed by atoms with E-state index in [1.54, 1.807) is 38.2 Å². The summed E-state index contributed by atoms with van der Waals surface area (Å²) >= 11 is 19.7. The van der Waals surface area contributed by atoms with Crippen molar-refractivity contribution in [1.82, 2.24) is 38.2 Å². The summed E-state index contributed by atoms with van der Waals surface area (Å²) in [6.07, 6.45) is -0.473. The number of H-pyrrole nitrogens is 4. The summed E-state index contributed by atoms with van der Waals surface area (Å²) in [4.78, 5) is 145. The zero-order chi connectivity index (χ0) is 91.7. The molecule has 11 N–H and O–H groups in total. The van der Waals surface area contributed by atoms with Crippen LogP contribution in [-0.4, -0.2) is 120 Å². The molecule has 0 aliphatic carbocycles. The number of hydrogen-bond acceptors (Lipinski definition) is 26. The molecule has 0 aliphatic rings. The smallest absolute Gasteiger partial charge is 0.541 e. The van der Waals surface area contributed by atoms with Crippen LogP contribution >= 0.6 is 81.2 Å². The Morgan fingerprint density at radius 2 is 0.703 bits per heavy atom. The summed E-state index contributed by atoms with van der Waals surface area (Å²) in [7, 11) is -6.98. The van der Waals surface area contributed by atoms with Crippen molar-refractivity contribution in [2.45, 2.75) is 32.4 Å². The number of amides is 1. The number of ketones is 1. The van der Waals surface area contributed by atoms with Gasteiger partial charge in [0.15, 0.2) is 42.8 Å². The van der Waals surface area contributed by atoms with Gasteiger partial charge in [-0.3, -0.25) is 28.8 Å². The monoisotopic (exact) mass is 1970 g/mol. The molecule has 15 aromatic rings. The van der Waals surface area contributed by atoms with Gasteiger partial charge >= 0.3 is 80.1 Å². The molecule has 0 unspecified atom stereocenters. The predicted molar refractivity (Wildman–Crippen MR) is 482 cm³/mol. The zero-order valence-electron chi connectivity index (χ0n) is 66.5. The molecule has 1 amide bonds. The van der Waals surface area contributed by atoms with Crippen LogP contribution in [0.2, 0.25) is 13.0 Å². The molecule has 15 rings (SSSR count). The van der Waals surface area contributed by atoms with Crippen LogP contribution in [0.25, 0.3) is 71.1 Å². The average molecular weight is 1980 g/mol. The second-order valence-corrected chi connectivity index (χ2v) is 37.8. The summed E-state index contributed by atoms with van der Waals surface area (Å²) in [5.41, 5.74) is 9.56. The molecule has 662 valence electrons. The number of thiophene rings is 3. The van der Waals surface area contributed by atoms with Gasteiger partial charge in [0, 0.05) is 51.4 Å². The number of nitrogens with two attached hydrogens (primary N) is 2. The van der Waals surface area contributed by atoms with Gasteiger partial charge in [-0.2, -0.15) is 0 Å². The normalized spacial score (nSPS) is 11.1. The van der Waals surface area contributed by atoms with Crippen LogP contribution in [0.15, 0.2) is 233 Å². The first-order chi connectivity index (χ1) is 59.6. The molecule has 0 bridgehead atoms. The van der Waals surface area contributed by atoms with Gasteiger partial charge in [-0.15, -0.1) is 46.4 Å². The Morgan fingerprint density at radius 1 is 0.414 bits per heavy atom. The average Bonchev–Trinajstić information content (AvgIpc) is 1.02. The maximum atomic E-state index is 14.2. The number of aromatic amines is 4. The quantitative estimate of drug-likeness (QED) is 0.0149. The van der Waals surface area contributed by atoms with Crippen LogP contribution in [0.3, 0.4) is 0 Å². The van der Waals surface area contributed by atoms with Crippen molar-refractivity contribution in [3.05, 3.63) is 323 Å².